The Kier molecular flexibility index (Phi) is 3.13. The van der Waals surface area contributed by atoms with Gasteiger partial charge in [0.05, 0.1) is 5.54 Å². The fourth-order valence-electron chi connectivity index (χ4n) is 2.18. The van der Waals surface area contributed by atoms with E-state index in [1.54, 1.807) is 0 Å². The summed E-state index contributed by atoms with van der Waals surface area (Å²) in [6, 6.07) is 6.09. The van der Waals surface area contributed by atoms with Crippen LogP contribution in [0.5, 0.6) is 0 Å². The Labute approximate surface area is 109 Å². The van der Waals surface area contributed by atoms with Crippen LogP contribution in [0.1, 0.15) is 32.3 Å². The maximum atomic E-state index is 6.14. The fourth-order valence-corrected chi connectivity index (χ4v) is 2.36. The van der Waals surface area contributed by atoms with Gasteiger partial charge in [0.15, 0.2) is 0 Å². The van der Waals surface area contributed by atoms with Crippen LogP contribution < -0.4 is 11.1 Å². The van der Waals surface area contributed by atoms with Gasteiger partial charge in [0.25, 0.3) is 0 Å². The molecule has 0 saturated heterocycles. The maximum absolute atomic E-state index is 6.14. The van der Waals surface area contributed by atoms with Gasteiger partial charge in [0, 0.05) is 17.3 Å². The van der Waals surface area contributed by atoms with E-state index in [4.69, 9.17) is 17.3 Å². The van der Waals surface area contributed by atoms with Gasteiger partial charge in [-0.05, 0) is 49.8 Å². The molecule has 1 unspecified atom stereocenters. The number of hydrogen-bond acceptors (Lipinski definition) is 2. The van der Waals surface area contributed by atoms with Crippen molar-refractivity contribution < 1.29 is 0 Å². The summed E-state index contributed by atoms with van der Waals surface area (Å²) in [5, 5.41) is 4.37. The highest BCUT2D eigenvalue weighted by Gasteiger charge is 2.52. The van der Waals surface area contributed by atoms with Crippen molar-refractivity contribution in [2.24, 2.45) is 11.1 Å². The van der Waals surface area contributed by atoms with Crippen molar-refractivity contribution >= 4 is 17.3 Å². The number of nitrogens with two attached hydrogens (primary N) is 1. The van der Waals surface area contributed by atoms with Crippen molar-refractivity contribution in [2.45, 2.75) is 39.2 Å². The predicted molar refractivity (Wildman–Crippen MR) is 74.6 cm³/mol. The van der Waals surface area contributed by atoms with Crippen molar-refractivity contribution in [1.29, 1.82) is 0 Å². The smallest absolute Gasteiger partial charge is 0.0521 e. The second kappa shape index (κ2) is 4.18. The van der Waals surface area contributed by atoms with E-state index in [1.165, 1.54) is 12.8 Å². The van der Waals surface area contributed by atoms with E-state index in [9.17, 15) is 0 Å². The number of benzene rings is 1. The largest absolute Gasteiger partial charge is 0.378 e. The molecule has 1 aliphatic rings. The molecule has 3 heteroatoms. The molecule has 0 amide bonds. The van der Waals surface area contributed by atoms with Gasteiger partial charge >= 0.3 is 0 Å². The molecule has 0 aliphatic heterocycles. The molecule has 0 heterocycles. The molecule has 1 atom stereocenters. The topological polar surface area (TPSA) is 38.0 Å². The van der Waals surface area contributed by atoms with Crippen molar-refractivity contribution in [3.63, 3.8) is 0 Å². The lowest BCUT2D eigenvalue weighted by Gasteiger charge is -2.37. The summed E-state index contributed by atoms with van der Waals surface area (Å²) in [4.78, 5) is 0. The Morgan fingerprint density at radius 1 is 1.47 bits per heavy atom. The first-order valence-electron chi connectivity index (χ1n) is 6.15. The van der Waals surface area contributed by atoms with Crippen LogP contribution in [0.2, 0.25) is 5.02 Å². The van der Waals surface area contributed by atoms with Gasteiger partial charge in [-0.25, -0.2) is 0 Å². The van der Waals surface area contributed by atoms with Gasteiger partial charge in [-0.15, -0.1) is 0 Å². The predicted octanol–water partition coefficient (Wildman–Crippen LogP) is 3.58. The van der Waals surface area contributed by atoms with E-state index in [0.717, 1.165) is 16.3 Å². The summed E-state index contributed by atoms with van der Waals surface area (Å²) in [5.41, 5.74) is 8.38. The Bertz CT molecular complexity index is 426. The molecule has 2 rings (SSSR count). The molecule has 17 heavy (non-hydrogen) atoms. The zero-order chi connectivity index (χ0) is 12.7. The number of rotatable bonds is 4. The fraction of sp³-hybridized carbons (Fsp3) is 0.571. The molecular weight excluding hydrogens is 232 g/mol. The first-order valence-corrected chi connectivity index (χ1v) is 6.52. The third-order valence-corrected chi connectivity index (χ3v) is 4.74. The highest BCUT2D eigenvalue weighted by Crippen LogP contribution is 2.54. The average molecular weight is 253 g/mol. The first kappa shape index (κ1) is 12.7. The van der Waals surface area contributed by atoms with E-state index in [-0.39, 0.29) is 5.54 Å². The lowest BCUT2D eigenvalue weighted by atomic mass is 9.83. The van der Waals surface area contributed by atoms with Crippen LogP contribution in [-0.4, -0.2) is 12.1 Å². The highest BCUT2D eigenvalue weighted by atomic mass is 35.5. The molecule has 1 aromatic rings. The van der Waals surface area contributed by atoms with Crippen LogP contribution >= 0.6 is 11.6 Å². The normalized spacial score (nSPS) is 20.8. The summed E-state index contributed by atoms with van der Waals surface area (Å²) >= 11 is 6.14. The van der Waals surface area contributed by atoms with Crippen molar-refractivity contribution in [3.8, 4) is 0 Å². The van der Waals surface area contributed by atoms with Crippen molar-refractivity contribution in [3.05, 3.63) is 28.8 Å². The van der Waals surface area contributed by atoms with E-state index < -0.39 is 0 Å². The first-order chi connectivity index (χ1) is 7.90. The van der Waals surface area contributed by atoms with E-state index in [0.29, 0.717) is 12.0 Å². The van der Waals surface area contributed by atoms with E-state index in [1.807, 2.05) is 19.1 Å². The standard InChI is InChI=1S/C14H21ClN2/c1-10-4-5-11(8-12(10)15)17-14(3,9-16)13(2)6-7-13/h4-5,8,17H,6-7,9,16H2,1-3H3. The van der Waals surface area contributed by atoms with Crippen LogP contribution in [-0.2, 0) is 0 Å². The molecule has 0 radical (unpaired) electrons. The molecule has 1 fully saturated rings. The van der Waals surface area contributed by atoms with E-state index >= 15 is 0 Å². The van der Waals surface area contributed by atoms with Crippen LogP contribution in [0.3, 0.4) is 0 Å². The molecule has 94 valence electrons. The molecule has 1 saturated carbocycles. The lowest BCUT2D eigenvalue weighted by molar-refractivity contribution is 0.333. The van der Waals surface area contributed by atoms with Gasteiger partial charge in [0.2, 0.25) is 0 Å². The average Bonchev–Trinajstić information content (AvgIpc) is 3.03. The van der Waals surface area contributed by atoms with Gasteiger partial charge in [-0.2, -0.15) is 0 Å². The summed E-state index contributed by atoms with van der Waals surface area (Å²) in [6.07, 6.45) is 2.49. The maximum Gasteiger partial charge on any atom is 0.0521 e. The van der Waals surface area contributed by atoms with Crippen LogP contribution in [0, 0.1) is 12.3 Å². The Morgan fingerprint density at radius 3 is 2.59 bits per heavy atom. The number of hydrogen-bond donors (Lipinski definition) is 2. The summed E-state index contributed by atoms with van der Waals surface area (Å²) in [5.74, 6) is 0. The summed E-state index contributed by atoms with van der Waals surface area (Å²) in [6.45, 7) is 7.14. The number of aryl methyl sites for hydroxylation is 1. The number of nitrogens with one attached hydrogen (secondary N) is 1. The number of anilines is 1. The Morgan fingerprint density at radius 2 is 2.12 bits per heavy atom. The second-order valence-corrected chi connectivity index (χ2v) is 6.09. The SMILES string of the molecule is Cc1ccc(NC(C)(CN)C2(C)CC2)cc1Cl. The monoisotopic (exact) mass is 252 g/mol. The third kappa shape index (κ3) is 2.29. The Balaban J connectivity index is 2.21. The molecule has 1 aliphatic carbocycles. The summed E-state index contributed by atoms with van der Waals surface area (Å²) in [7, 11) is 0. The minimum absolute atomic E-state index is 0.0500. The highest BCUT2D eigenvalue weighted by molar-refractivity contribution is 6.31. The lowest BCUT2D eigenvalue weighted by Crippen LogP contribution is -2.49. The molecular formula is C14H21ClN2. The van der Waals surface area contributed by atoms with Crippen molar-refractivity contribution in [1.82, 2.24) is 0 Å². The van der Waals surface area contributed by atoms with Crippen LogP contribution in [0.25, 0.3) is 0 Å². The zero-order valence-corrected chi connectivity index (χ0v) is 11.6. The van der Waals surface area contributed by atoms with Gasteiger partial charge in [-0.1, -0.05) is 24.6 Å². The Hall–Kier alpha value is -0.730. The molecule has 3 N–H and O–H groups in total. The van der Waals surface area contributed by atoms with Gasteiger partial charge in [0.1, 0.15) is 0 Å². The molecule has 0 bridgehead atoms. The molecule has 2 nitrogen and oxygen atoms in total. The summed E-state index contributed by atoms with van der Waals surface area (Å²) < 4.78 is 0. The minimum Gasteiger partial charge on any atom is -0.378 e. The van der Waals surface area contributed by atoms with Gasteiger partial charge < -0.3 is 11.1 Å². The van der Waals surface area contributed by atoms with Crippen molar-refractivity contribution in [2.75, 3.05) is 11.9 Å². The quantitative estimate of drug-likeness (QED) is 0.860. The minimum atomic E-state index is -0.0500. The molecule has 1 aromatic carbocycles. The molecule has 0 spiro atoms. The zero-order valence-electron chi connectivity index (χ0n) is 10.8. The third-order valence-electron chi connectivity index (χ3n) is 4.33. The van der Waals surface area contributed by atoms with Crippen LogP contribution in [0.15, 0.2) is 18.2 Å². The van der Waals surface area contributed by atoms with E-state index in [2.05, 4.69) is 25.2 Å². The van der Waals surface area contributed by atoms with Gasteiger partial charge in [-0.3, -0.25) is 0 Å². The second-order valence-electron chi connectivity index (χ2n) is 5.69. The number of halogens is 1. The molecule has 0 aromatic heterocycles. The van der Waals surface area contributed by atoms with Crippen LogP contribution in [0.4, 0.5) is 5.69 Å².